The average molecular weight is 225 g/mol. The van der Waals surface area contributed by atoms with Crippen LogP contribution in [-0.4, -0.2) is 18.3 Å². The van der Waals surface area contributed by atoms with Crippen LogP contribution in [0.1, 0.15) is 12.5 Å². The molecule has 0 spiro atoms. The number of rotatable bonds is 5. The van der Waals surface area contributed by atoms with E-state index < -0.39 is 0 Å². The van der Waals surface area contributed by atoms with Gasteiger partial charge in [-0.15, -0.1) is 11.8 Å². The van der Waals surface area contributed by atoms with Crippen molar-refractivity contribution in [3.8, 4) is 0 Å². The first-order chi connectivity index (χ1) is 7.27. The minimum atomic E-state index is -0.186. The molecule has 82 valence electrons. The van der Waals surface area contributed by atoms with Gasteiger partial charge in [-0.1, -0.05) is 18.2 Å². The molecule has 0 aliphatic heterocycles. The van der Waals surface area contributed by atoms with Gasteiger partial charge in [0.15, 0.2) is 0 Å². The Morgan fingerprint density at radius 3 is 2.87 bits per heavy atom. The minimum absolute atomic E-state index is 0.186. The molecule has 0 amide bonds. The molecular formula is C11H15NO2S. The first kappa shape index (κ1) is 12.1. The maximum absolute atomic E-state index is 11.1. The van der Waals surface area contributed by atoms with E-state index in [-0.39, 0.29) is 5.97 Å². The van der Waals surface area contributed by atoms with Gasteiger partial charge in [-0.25, -0.2) is 0 Å². The van der Waals surface area contributed by atoms with Crippen molar-refractivity contribution in [2.75, 3.05) is 12.4 Å². The highest BCUT2D eigenvalue weighted by Crippen LogP contribution is 2.22. The molecule has 1 aromatic carbocycles. The molecule has 0 aliphatic rings. The summed E-state index contributed by atoms with van der Waals surface area (Å²) < 4.78 is 4.85. The van der Waals surface area contributed by atoms with Crippen LogP contribution < -0.4 is 5.73 Å². The van der Waals surface area contributed by atoms with Gasteiger partial charge in [0, 0.05) is 11.4 Å². The Balaban J connectivity index is 2.53. The first-order valence-electron chi connectivity index (χ1n) is 4.84. The van der Waals surface area contributed by atoms with Crippen LogP contribution in [0.2, 0.25) is 0 Å². The summed E-state index contributed by atoms with van der Waals surface area (Å²) in [6.45, 7) is 2.72. The topological polar surface area (TPSA) is 52.3 Å². The Kier molecular flexibility index (Phi) is 5.21. The van der Waals surface area contributed by atoms with Gasteiger partial charge in [-0.2, -0.15) is 0 Å². The van der Waals surface area contributed by atoms with E-state index in [2.05, 4.69) is 0 Å². The lowest BCUT2D eigenvalue weighted by Gasteiger charge is -2.06. The zero-order chi connectivity index (χ0) is 11.1. The molecule has 0 heterocycles. The second-order valence-corrected chi connectivity index (χ2v) is 3.92. The van der Waals surface area contributed by atoms with Gasteiger partial charge in [-0.3, -0.25) is 4.79 Å². The number of ether oxygens (including phenoxy) is 1. The number of nitrogens with two attached hydrogens (primary N) is 1. The number of esters is 1. The molecular weight excluding hydrogens is 210 g/mol. The number of benzene rings is 1. The predicted molar refractivity (Wildman–Crippen MR) is 61.7 cm³/mol. The third-order valence-electron chi connectivity index (χ3n) is 1.84. The van der Waals surface area contributed by atoms with E-state index in [1.807, 2.05) is 24.3 Å². The zero-order valence-electron chi connectivity index (χ0n) is 8.73. The van der Waals surface area contributed by atoms with Crippen molar-refractivity contribution in [3.63, 3.8) is 0 Å². The van der Waals surface area contributed by atoms with Crippen LogP contribution in [0.3, 0.4) is 0 Å². The van der Waals surface area contributed by atoms with Crippen LogP contribution >= 0.6 is 11.8 Å². The third kappa shape index (κ3) is 3.93. The van der Waals surface area contributed by atoms with Crippen LogP contribution in [0.15, 0.2) is 29.2 Å². The normalized spacial score (nSPS) is 10.0. The maximum Gasteiger partial charge on any atom is 0.316 e. The number of carbonyl (C=O) groups is 1. The summed E-state index contributed by atoms with van der Waals surface area (Å²) >= 11 is 1.47. The third-order valence-corrected chi connectivity index (χ3v) is 2.93. The largest absolute Gasteiger partial charge is 0.465 e. The van der Waals surface area contributed by atoms with E-state index in [0.29, 0.717) is 18.9 Å². The van der Waals surface area contributed by atoms with Crippen LogP contribution in [0.4, 0.5) is 0 Å². The summed E-state index contributed by atoms with van der Waals surface area (Å²) in [5.41, 5.74) is 6.65. The Labute approximate surface area is 94.0 Å². The van der Waals surface area contributed by atoms with Crippen molar-refractivity contribution in [3.05, 3.63) is 29.8 Å². The molecule has 0 saturated heterocycles. The minimum Gasteiger partial charge on any atom is -0.465 e. The summed E-state index contributed by atoms with van der Waals surface area (Å²) in [5, 5.41) is 0. The molecule has 1 aromatic rings. The summed E-state index contributed by atoms with van der Waals surface area (Å²) in [4.78, 5) is 12.2. The molecule has 0 aromatic heterocycles. The molecule has 15 heavy (non-hydrogen) atoms. The summed E-state index contributed by atoms with van der Waals surface area (Å²) in [7, 11) is 0. The molecule has 0 radical (unpaired) electrons. The van der Waals surface area contributed by atoms with Crippen molar-refractivity contribution in [2.45, 2.75) is 18.4 Å². The fourth-order valence-electron chi connectivity index (χ4n) is 1.15. The standard InChI is InChI=1S/C11H15NO2S/c1-2-14-11(13)8-15-10-6-4-3-5-9(10)7-12/h3-6H,2,7-8,12H2,1H3. The number of hydrogen-bond donors (Lipinski definition) is 1. The molecule has 0 unspecified atom stereocenters. The van der Waals surface area contributed by atoms with Crippen molar-refractivity contribution in [1.29, 1.82) is 0 Å². The molecule has 0 bridgehead atoms. The lowest BCUT2D eigenvalue weighted by Crippen LogP contribution is -2.07. The van der Waals surface area contributed by atoms with Gasteiger partial charge >= 0.3 is 5.97 Å². The van der Waals surface area contributed by atoms with Crippen molar-refractivity contribution < 1.29 is 9.53 Å². The van der Waals surface area contributed by atoms with Crippen LogP contribution in [0, 0.1) is 0 Å². The highest BCUT2D eigenvalue weighted by atomic mass is 32.2. The monoisotopic (exact) mass is 225 g/mol. The van der Waals surface area contributed by atoms with Gasteiger partial charge in [0.1, 0.15) is 0 Å². The molecule has 1 rings (SSSR count). The van der Waals surface area contributed by atoms with Crippen LogP contribution in [0.5, 0.6) is 0 Å². The van der Waals surface area contributed by atoms with Gasteiger partial charge in [-0.05, 0) is 18.6 Å². The smallest absolute Gasteiger partial charge is 0.316 e. The summed E-state index contributed by atoms with van der Waals surface area (Å²) in [5.74, 6) is 0.152. The lowest BCUT2D eigenvalue weighted by atomic mass is 10.2. The highest BCUT2D eigenvalue weighted by Gasteiger charge is 2.05. The average Bonchev–Trinajstić information content (AvgIpc) is 2.27. The molecule has 0 fully saturated rings. The fraction of sp³-hybridized carbons (Fsp3) is 0.364. The number of hydrogen-bond acceptors (Lipinski definition) is 4. The van der Waals surface area contributed by atoms with Gasteiger partial charge in [0.2, 0.25) is 0 Å². The zero-order valence-corrected chi connectivity index (χ0v) is 9.55. The molecule has 3 nitrogen and oxygen atoms in total. The number of thioether (sulfide) groups is 1. The lowest BCUT2D eigenvalue weighted by molar-refractivity contribution is -0.139. The quantitative estimate of drug-likeness (QED) is 0.613. The SMILES string of the molecule is CCOC(=O)CSc1ccccc1CN. The van der Waals surface area contributed by atoms with E-state index in [0.717, 1.165) is 10.5 Å². The maximum atomic E-state index is 11.1. The number of carbonyl (C=O) groups excluding carboxylic acids is 1. The van der Waals surface area contributed by atoms with E-state index in [1.54, 1.807) is 6.92 Å². The first-order valence-corrected chi connectivity index (χ1v) is 5.83. The molecule has 2 N–H and O–H groups in total. The van der Waals surface area contributed by atoms with Gasteiger partial charge in [0.05, 0.1) is 12.4 Å². The molecule has 0 aliphatic carbocycles. The molecule has 4 heteroatoms. The molecule has 0 atom stereocenters. The van der Waals surface area contributed by atoms with Crippen molar-refractivity contribution >= 4 is 17.7 Å². The van der Waals surface area contributed by atoms with E-state index in [9.17, 15) is 4.79 Å². The summed E-state index contributed by atoms with van der Waals surface area (Å²) in [6.07, 6.45) is 0. The van der Waals surface area contributed by atoms with Crippen molar-refractivity contribution in [2.24, 2.45) is 5.73 Å². The fourth-order valence-corrected chi connectivity index (χ4v) is 2.02. The Bertz CT molecular complexity index is 328. The van der Waals surface area contributed by atoms with E-state index in [4.69, 9.17) is 10.5 Å². The van der Waals surface area contributed by atoms with E-state index >= 15 is 0 Å². The summed E-state index contributed by atoms with van der Waals surface area (Å²) in [6, 6.07) is 7.81. The Morgan fingerprint density at radius 1 is 1.47 bits per heavy atom. The second-order valence-electron chi connectivity index (χ2n) is 2.91. The van der Waals surface area contributed by atoms with Crippen molar-refractivity contribution in [1.82, 2.24) is 0 Å². The van der Waals surface area contributed by atoms with Gasteiger partial charge < -0.3 is 10.5 Å². The van der Waals surface area contributed by atoms with Crippen LogP contribution in [0.25, 0.3) is 0 Å². The Hall–Kier alpha value is -1.00. The molecule has 0 saturated carbocycles. The Morgan fingerprint density at radius 2 is 2.20 bits per heavy atom. The second kappa shape index (κ2) is 6.48. The predicted octanol–water partition coefficient (Wildman–Crippen LogP) is 1.80. The van der Waals surface area contributed by atoms with Crippen LogP contribution in [-0.2, 0) is 16.1 Å². The van der Waals surface area contributed by atoms with Gasteiger partial charge in [0.25, 0.3) is 0 Å². The van der Waals surface area contributed by atoms with E-state index in [1.165, 1.54) is 11.8 Å². The highest BCUT2D eigenvalue weighted by molar-refractivity contribution is 8.00.